The van der Waals surface area contributed by atoms with Crippen molar-refractivity contribution in [2.45, 2.75) is 27.7 Å². The second-order valence-electron chi connectivity index (χ2n) is 3.87. The maximum absolute atomic E-state index is 5.62. The maximum atomic E-state index is 5.62. The Hall–Kier alpha value is -1.61. The van der Waals surface area contributed by atoms with Crippen LogP contribution in [0.25, 0.3) is 10.9 Å². The molecule has 0 atom stereocenters. The highest BCUT2D eigenvalue weighted by molar-refractivity contribution is 5.88. The van der Waals surface area contributed by atoms with Crippen molar-refractivity contribution < 1.29 is 4.74 Å². The minimum Gasteiger partial charge on any atom is -0.492 e. The molecule has 0 aliphatic rings. The molecule has 1 aromatic carbocycles. The molecule has 18 heavy (non-hydrogen) atoms. The van der Waals surface area contributed by atoms with Crippen LogP contribution in [-0.2, 0) is 0 Å². The van der Waals surface area contributed by atoms with E-state index in [1.807, 2.05) is 39.0 Å². The second kappa shape index (κ2) is 6.97. The predicted molar refractivity (Wildman–Crippen MR) is 77.1 cm³/mol. The number of rotatable bonds is 3. The second-order valence-corrected chi connectivity index (χ2v) is 3.87. The molecule has 0 aliphatic carbocycles. The van der Waals surface area contributed by atoms with E-state index in [4.69, 9.17) is 10.5 Å². The van der Waals surface area contributed by atoms with Crippen molar-refractivity contribution in [3.05, 3.63) is 35.5 Å². The van der Waals surface area contributed by atoms with Crippen molar-refractivity contribution in [2.24, 2.45) is 5.73 Å². The highest BCUT2D eigenvalue weighted by atomic mass is 16.5. The normalized spacial score (nSPS) is 9.83. The van der Waals surface area contributed by atoms with Crippen LogP contribution in [0.2, 0.25) is 0 Å². The van der Waals surface area contributed by atoms with Gasteiger partial charge in [-0.15, -0.1) is 0 Å². The zero-order valence-corrected chi connectivity index (χ0v) is 11.7. The van der Waals surface area contributed by atoms with E-state index < -0.39 is 0 Å². The van der Waals surface area contributed by atoms with Gasteiger partial charge in [0.2, 0.25) is 0 Å². The molecule has 0 saturated heterocycles. The number of nitrogens with two attached hydrogens (primary N) is 1. The number of benzene rings is 1. The molecule has 98 valence electrons. The first kappa shape index (κ1) is 14.5. The molecule has 3 nitrogen and oxygen atoms in total. The molecule has 0 aliphatic heterocycles. The third-order valence-corrected chi connectivity index (χ3v) is 2.50. The van der Waals surface area contributed by atoms with Crippen LogP contribution >= 0.6 is 0 Å². The topological polar surface area (TPSA) is 48.1 Å². The standard InChI is InChI=1S/C13H16N2O.C2H6/c1-9-8-10(2)15-11-4-3-5-12(13(9)11)16-7-6-14;1-2/h3-5,8H,6-7,14H2,1-2H3;1-2H3. The Morgan fingerprint density at radius 2 is 1.94 bits per heavy atom. The van der Waals surface area contributed by atoms with Crippen LogP contribution in [0.3, 0.4) is 0 Å². The number of pyridine rings is 1. The molecule has 0 radical (unpaired) electrons. The summed E-state index contributed by atoms with van der Waals surface area (Å²) >= 11 is 0. The Bertz CT molecular complexity index is 509. The fourth-order valence-electron chi connectivity index (χ4n) is 1.91. The number of ether oxygens (including phenoxy) is 1. The van der Waals surface area contributed by atoms with Gasteiger partial charge in [0.1, 0.15) is 12.4 Å². The lowest BCUT2D eigenvalue weighted by Gasteiger charge is -2.10. The maximum Gasteiger partial charge on any atom is 0.129 e. The summed E-state index contributed by atoms with van der Waals surface area (Å²) in [4.78, 5) is 4.49. The quantitative estimate of drug-likeness (QED) is 0.904. The molecule has 2 rings (SSSR count). The van der Waals surface area contributed by atoms with Gasteiger partial charge in [0.25, 0.3) is 0 Å². The van der Waals surface area contributed by atoms with Crippen LogP contribution in [0.1, 0.15) is 25.1 Å². The first-order valence-electron chi connectivity index (χ1n) is 6.42. The number of aromatic nitrogens is 1. The molecule has 0 bridgehead atoms. The Morgan fingerprint density at radius 3 is 2.61 bits per heavy atom. The number of hydrogen-bond donors (Lipinski definition) is 1. The molecular weight excluding hydrogens is 224 g/mol. The highest BCUT2D eigenvalue weighted by Gasteiger charge is 2.06. The van der Waals surface area contributed by atoms with Gasteiger partial charge in [-0.05, 0) is 37.6 Å². The highest BCUT2D eigenvalue weighted by Crippen LogP contribution is 2.27. The summed E-state index contributed by atoms with van der Waals surface area (Å²) in [6.07, 6.45) is 0. The Kier molecular flexibility index (Phi) is 5.59. The summed E-state index contributed by atoms with van der Waals surface area (Å²) in [5, 5.41) is 1.08. The van der Waals surface area contributed by atoms with Crippen LogP contribution in [0.5, 0.6) is 5.75 Å². The van der Waals surface area contributed by atoms with Gasteiger partial charge < -0.3 is 10.5 Å². The third-order valence-electron chi connectivity index (χ3n) is 2.50. The van der Waals surface area contributed by atoms with Crippen molar-refractivity contribution in [1.29, 1.82) is 0 Å². The van der Waals surface area contributed by atoms with Crippen molar-refractivity contribution in [3.8, 4) is 5.75 Å². The van der Waals surface area contributed by atoms with Gasteiger partial charge in [-0.1, -0.05) is 19.9 Å². The lowest BCUT2D eigenvalue weighted by atomic mass is 10.1. The zero-order chi connectivity index (χ0) is 13.5. The molecule has 2 N–H and O–H groups in total. The summed E-state index contributed by atoms with van der Waals surface area (Å²) in [6, 6.07) is 7.99. The lowest BCUT2D eigenvalue weighted by Crippen LogP contribution is -2.10. The fraction of sp³-hybridized carbons (Fsp3) is 0.400. The number of nitrogens with zero attached hydrogens (tertiary/aromatic N) is 1. The van der Waals surface area contributed by atoms with Gasteiger partial charge in [0.05, 0.1) is 5.52 Å². The number of fused-ring (bicyclic) bond motifs is 1. The molecule has 1 heterocycles. The zero-order valence-electron chi connectivity index (χ0n) is 11.7. The van der Waals surface area contributed by atoms with Crippen molar-refractivity contribution >= 4 is 10.9 Å². The molecule has 0 amide bonds. The molecule has 0 unspecified atom stereocenters. The summed E-state index contributed by atoms with van der Waals surface area (Å²) in [5.41, 5.74) is 8.64. The summed E-state index contributed by atoms with van der Waals surface area (Å²) in [7, 11) is 0. The lowest BCUT2D eigenvalue weighted by molar-refractivity contribution is 0.332. The van der Waals surface area contributed by atoms with E-state index in [9.17, 15) is 0 Å². The van der Waals surface area contributed by atoms with Crippen molar-refractivity contribution in [1.82, 2.24) is 4.98 Å². The average molecular weight is 246 g/mol. The monoisotopic (exact) mass is 246 g/mol. The van der Waals surface area contributed by atoms with Gasteiger partial charge in [-0.25, -0.2) is 0 Å². The molecule has 3 heteroatoms. The van der Waals surface area contributed by atoms with E-state index in [-0.39, 0.29) is 0 Å². The fourth-order valence-corrected chi connectivity index (χ4v) is 1.91. The molecular formula is C15H22N2O. The molecule has 1 aromatic heterocycles. The van der Waals surface area contributed by atoms with E-state index in [1.54, 1.807) is 0 Å². The van der Waals surface area contributed by atoms with E-state index in [0.29, 0.717) is 13.2 Å². The average Bonchev–Trinajstić information content (AvgIpc) is 2.38. The van der Waals surface area contributed by atoms with E-state index >= 15 is 0 Å². The van der Waals surface area contributed by atoms with Crippen LogP contribution < -0.4 is 10.5 Å². The first-order valence-corrected chi connectivity index (χ1v) is 6.42. The Morgan fingerprint density at radius 1 is 1.22 bits per heavy atom. The van der Waals surface area contributed by atoms with Crippen molar-refractivity contribution in [2.75, 3.05) is 13.2 Å². The van der Waals surface area contributed by atoms with Crippen molar-refractivity contribution in [3.63, 3.8) is 0 Å². The van der Waals surface area contributed by atoms with Gasteiger partial charge in [-0.3, -0.25) is 4.98 Å². The van der Waals surface area contributed by atoms with E-state index in [2.05, 4.69) is 18.0 Å². The summed E-state index contributed by atoms with van der Waals surface area (Å²) < 4.78 is 5.62. The smallest absolute Gasteiger partial charge is 0.129 e. The Balaban J connectivity index is 0.000000771. The number of aryl methyl sites for hydroxylation is 2. The van der Waals surface area contributed by atoms with E-state index in [1.165, 1.54) is 5.56 Å². The van der Waals surface area contributed by atoms with Crippen LogP contribution in [0.4, 0.5) is 0 Å². The van der Waals surface area contributed by atoms with Gasteiger partial charge in [0.15, 0.2) is 0 Å². The van der Waals surface area contributed by atoms with Crippen LogP contribution in [0.15, 0.2) is 24.3 Å². The molecule has 0 saturated carbocycles. The summed E-state index contributed by atoms with van der Waals surface area (Å²) in [6.45, 7) is 9.13. The van der Waals surface area contributed by atoms with E-state index in [0.717, 1.165) is 22.3 Å². The molecule has 0 spiro atoms. The van der Waals surface area contributed by atoms with Gasteiger partial charge >= 0.3 is 0 Å². The Labute approximate surface area is 109 Å². The first-order chi connectivity index (χ1) is 8.72. The largest absolute Gasteiger partial charge is 0.492 e. The number of hydrogen-bond acceptors (Lipinski definition) is 3. The molecule has 2 aromatic rings. The minimum absolute atomic E-state index is 0.523. The predicted octanol–water partition coefficient (Wildman–Crippen LogP) is 3.22. The van der Waals surface area contributed by atoms with Gasteiger partial charge in [-0.2, -0.15) is 0 Å². The SMILES string of the molecule is CC.Cc1cc(C)c2c(OCCN)cccc2n1. The van der Waals surface area contributed by atoms with Crippen LogP contribution in [-0.4, -0.2) is 18.1 Å². The summed E-state index contributed by atoms with van der Waals surface area (Å²) in [5.74, 6) is 0.868. The third kappa shape index (κ3) is 3.20. The minimum atomic E-state index is 0.523. The van der Waals surface area contributed by atoms with Gasteiger partial charge in [0, 0.05) is 17.6 Å². The molecule has 0 fully saturated rings. The van der Waals surface area contributed by atoms with Crippen LogP contribution in [0, 0.1) is 13.8 Å².